The monoisotopic (exact) mass is 215 g/mol. The SMILES string of the molecule is Cc1cccc2c1CC[C@@]2(N)C1=NCCN1. The van der Waals surface area contributed by atoms with Crippen LogP contribution in [-0.4, -0.2) is 18.9 Å². The molecule has 1 aliphatic carbocycles. The van der Waals surface area contributed by atoms with Crippen LogP contribution in [0, 0.1) is 6.92 Å². The van der Waals surface area contributed by atoms with E-state index in [0.717, 1.165) is 31.8 Å². The molecule has 1 heterocycles. The zero-order valence-corrected chi connectivity index (χ0v) is 9.59. The Morgan fingerprint density at radius 3 is 3.06 bits per heavy atom. The van der Waals surface area contributed by atoms with Crippen LogP contribution in [0.5, 0.6) is 0 Å². The number of nitrogens with one attached hydrogen (secondary N) is 1. The standard InChI is InChI=1S/C13H17N3/c1-9-3-2-4-11-10(9)5-6-13(11,14)12-15-7-8-16-12/h2-4H,5-8,14H2,1H3,(H,15,16)/t13-/m0/s1. The summed E-state index contributed by atoms with van der Waals surface area (Å²) in [6, 6.07) is 6.41. The molecule has 0 bridgehead atoms. The van der Waals surface area contributed by atoms with Crippen molar-refractivity contribution in [2.45, 2.75) is 25.3 Å². The maximum absolute atomic E-state index is 6.55. The van der Waals surface area contributed by atoms with E-state index in [1.165, 1.54) is 16.7 Å². The van der Waals surface area contributed by atoms with E-state index < -0.39 is 0 Å². The second kappa shape index (κ2) is 3.32. The van der Waals surface area contributed by atoms with E-state index >= 15 is 0 Å². The fourth-order valence-corrected chi connectivity index (χ4v) is 2.85. The lowest BCUT2D eigenvalue weighted by atomic mass is 9.91. The molecule has 0 radical (unpaired) electrons. The zero-order valence-electron chi connectivity index (χ0n) is 9.59. The fourth-order valence-electron chi connectivity index (χ4n) is 2.85. The van der Waals surface area contributed by atoms with Gasteiger partial charge in [-0.15, -0.1) is 0 Å². The van der Waals surface area contributed by atoms with E-state index in [4.69, 9.17) is 5.73 Å². The van der Waals surface area contributed by atoms with Crippen molar-refractivity contribution in [3.05, 3.63) is 34.9 Å². The predicted molar refractivity (Wildman–Crippen MR) is 65.7 cm³/mol. The van der Waals surface area contributed by atoms with Crippen molar-refractivity contribution in [1.82, 2.24) is 5.32 Å². The molecule has 0 fully saturated rings. The van der Waals surface area contributed by atoms with Gasteiger partial charge in [-0.3, -0.25) is 4.99 Å². The van der Waals surface area contributed by atoms with Gasteiger partial charge in [0.15, 0.2) is 0 Å². The van der Waals surface area contributed by atoms with E-state index in [1.807, 2.05) is 0 Å². The summed E-state index contributed by atoms with van der Waals surface area (Å²) in [5, 5.41) is 3.32. The van der Waals surface area contributed by atoms with Crippen LogP contribution < -0.4 is 11.1 Å². The Morgan fingerprint density at radius 1 is 1.44 bits per heavy atom. The third-order valence-electron chi connectivity index (χ3n) is 3.76. The first-order valence-electron chi connectivity index (χ1n) is 5.88. The summed E-state index contributed by atoms with van der Waals surface area (Å²) >= 11 is 0. The Bertz CT molecular complexity index is 464. The number of benzene rings is 1. The summed E-state index contributed by atoms with van der Waals surface area (Å²) in [6.45, 7) is 3.94. The van der Waals surface area contributed by atoms with Gasteiger partial charge in [0.25, 0.3) is 0 Å². The van der Waals surface area contributed by atoms with Crippen LogP contribution in [-0.2, 0) is 12.0 Å². The highest BCUT2D eigenvalue weighted by molar-refractivity contribution is 5.94. The Labute approximate surface area is 95.8 Å². The number of hydrogen-bond acceptors (Lipinski definition) is 3. The number of aryl methyl sites for hydroxylation is 1. The molecule has 2 aliphatic rings. The van der Waals surface area contributed by atoms with E-state index in [1.54, 1.807) is 0 Å². The molecule has 0 amide bonds. The molecule has 1 atom stereocenters. The van der Waals surface area contributed by atoms with E-state index in [9.17, 15) is 0 Å². The maximum atomic E-state index is 6.55. The van der Waals surface area contributed by atoms with Crippen LogP contribution in [0.15, 0.2) is 23.2 Å². The van der Waals surface area contributed by atoms with Crippen molar-refractivity contribution in [3.63, 3.8) is 0 Å². The van der Waals surface area contributed by atoms with Crippen LogP contribution >= 0.6 is 0 Å². The molecule has 1 aromatic carbocycles. The number of rotatable bonds is 1. The van der Waals surface area contributed by atoms with Gasteiger partial charge in [0.05, 0.1) is 12.1 Å². The lowest BCUT2D eigenvalue weighted by Crippen LogP contribution is -2.48. The lowest BCUT2D eigenvalue weighted by Gasteiger charge is -2.26. The minimum atomic E-state index is -0.363. The maximum Gasteiger partial charge on any atom is 0.121 e. The minimum absolute atomic E-state index is 0.363. The van der Waals surface area contributed by atoms with Crippen molar-refractivity contribution >= 4 is 5.84 Å². The van der Waals surface area contributed by atoms with Crippen molar-refractivity contribution < 1.29 is 0 Å². The summed E-state index contributed by atoms with van der Waals surface area (Å²) < 4.78 is 0. The predicted octanol–water partition coefficient (Wildman–Crippen LogP) is 1.10. The van der Waals surface area contributed by atoms with Crippen molar-refractivity contribution in [2.75, 3.05) is 13.1 Å². The van der Waals surface area contributed by atoms with Crippen molar-refractivity contribution in [1.29, 1.82) is 0 Å². The third-order valence-corrected chi connectivity index (χ3v) is 3.76. The van der Waals surface area contributed by atoms with Gasteiger partial charge in [-0.1, -0.05) is 18.2 Å². The van der Waals surface area contributed by atoms with Crippen LogP contribution in [0.4, 0.5) is 0 Å². The molecule has 84 valence electrons. The highest BCUT2D eigenvalue weighted by atomic mass is 15.1. The first-order valence-corrected chi connectivity index (χ1v) is 5.88. The molecule has 1 aliphatic heterocycles. The molecule has 3 rings (SSSR count). The van der Waals surface area contributed by atoms with Crippen LogP contribution in [0.3, 0.4) is 0 Å². The molecule has 3 nitrogen and oxygen atoms in total. The Kier molecular flexibility index (Phi) is 2.04. The second-order valence-corrected chi connectivity index (χ2v) is 4.73. The number of nitrogens with zero attached hydrogens (tertiary/aromatic N) is 1. The van der Waals surface area contributed by atoms with Crippen LogP contribution in [0.1, 0.15) is 23.1 Å². The number of aliphatic imine (C=N–C) groups is 1. The smallest absolute Gasteiger partial charge is 0.121 e. The quantitative estimate of drug-likeness (QED) is 0.737. The molecule has 0 unspecified atom stereocenters. The normalized spacial score (nSPS) is 27.5. The van der Waals surface area contributed by atoms with Gasteiger partial charge in [0.1, 0.15) is 5.84 Å². The topological polar surface area (TPSA) is 50.4 Å². The number of hydrogen-bond donors (Lipinski definition) is 2. The van der Waals surface area contributed by atoms with E-state index in [0.29, 0.717) is 0 Å². The molecule has 0 saturated carbocycles. The first-order chi connectivity index (χ1) is 7.72. The molecule has 3 heteroatoms. The Balaban J connectivity index is 2.11. The number of fused-ring (bicyclic) bond motifs is 1. The average molecular weight is 215 g/mol. The molecule has 3 N–H and O–H groups in total. The van der Waals surface area contributed by atoms with Gasteiger partial charge in [0, 0.05) is 6.54 Å². The van der Waals surface area contributed by atoms with Gasteiger partial charge in [0.2, 0.25) is 0 Å². The van der Waals surface area contributed by atoms with Gasteiger partial charge >= 0.3 is 0 Å². The van der Waals surface area contributed by atoms with Crippen molar-refractivity contribution in [2.24, 2.45) is 10.7 Å². The minimum Gasteiger partial charge on any atom is -0.370 e. The Morgan fingerprint density at radius 2 is 2.31 bits per heavy atom. The number of nitrogens with two attached hydrogens (primary N) is 1. The molecule has 0 saturated heterocycles. The molecule has 1 aromatic rings. The van der Waals surface area contributed by atoms with E-state index in [2.05, 4.69) is 35.4 Å². The molecule has 0 spiro atoms. The zero-order chi connectivity index (χ0) is 11.2. The highest BCUT2D eigenvalue weighted by Crippen LogP contribution is 2.37. The summed E-state index contributed by atoms with van der Waals surface area (Å²) in [4.78, 5) is 4.50. The first kappa shape index (κ1) is 9.85. The highest BCUT2D eigenvalue weighted by Gasteiger charge is 2.40. The lowest BCUT2D eigenvalue weighted by molar-refractivity contribution is 0.582. The van der Waals surface area contributed by atoms with Gasteiger partial charge in [-0.2, -0.15) is 0 Å². The Hall–Kier alpha value is -1.35. The van der Waals surface area contributed by atoms with E-state index in [-0.39, 0.29) is 5.54 Å². The van der Waals surface area contributed by atoms with Gasteiger partial charge in [-0.05, 0) is 36.5 Å². The summed E-state index contributed by atoms with van der Waals surface area (Å²) in [7, 11) is 0. The van der Waals surface area contributed by atoms with Gasteiger partial charge in [-0.25, -0.2) is 0 Å². The largest absolute Gasteiger partial charge is 0.370 e. The van der Waals surface area contributed by atoms with Crippen molar-refractivity contribution in [3.8, 4) is 0 Å². The van der Waals surface area contributed by atoms with Crippen LogP contribution in [0.2, 0.25) is 0 Å². The summed E-state index contributed by atoms with van der Waals surface area (Å²) in [6.07, 6.45) is 2.04. The number of amidine groups is 1. The average Bonchev–Trinajstić information content (AvgIpc) is 2.88. The molecular weight excluding hydrogens is 198 g/mol. The molecular formula is C13H17N3. The molecule has 0 aromatic heterocycles. The molecule has 16 heavy (non-hydrogen) atoms. The summed E-state index contributed by atoms with van der Waals surface area (Å²) in [5.41, 5.74) is 10.2. The van der Waals surface area contributed by atoms with Crippen LogP contribution in [0.25, 0.3) is 0 Å². The fraction of sp³-hybridized carbons (Fsp3) is 0.462. The third kappa shape index (κ3) is 1.21. The second-order valence-electron chi connectivity index (χ2n) is 4.73. The van der Waals surface area contributed by atoms with Gasteiger partial charge < -0.3 is 11.1 Å². The summed E-state index contributed by atoms with van der Waals surface area (Å²) in [5.74, 6) is 0.983.